The molecule has 4 heteroatoms. The van der Waals surface area contributed by atoms with Crippen LogP contribution < -0.4 is 5.56 Å². The number of hydrogen-bond acceptors (Lipinski definition) is 3. The van der Waals surface area contributed by atoms with E-state index >= 15 is 0 Å². The van der Waals surface area contributed by atoms with Crippen molar-refractivity contribution in [1.29, 1.82) is 0 Å². The predicted molar refractivity (Wildman–Crippen MR) is 68.1 cm³/mol. The molecule has 2 aromatic rings. The fraction of sp³-hybridized carbons (Fsp3) is 0.154. The maximum Gasteiger partial charge on any atom is 0.250 e. The zero-order chi connectivity index (χ0) is 12.1. The van der Waals surface area contributed by atoms with Gasteiger partial charge < -0.3 is 9.67 Å². The molecule has 0 saturated carbocycles. The van der Waals surface area contributed by atoms with E-state index in [-0.39, 0.29) is 12.2 Å². The lowest BCUT2D eigenvalue weighted by Gasteiger charge is -2.03. The molecule has 2 heterocycles. The normalized spacial score (nSPS) is 9.71. The van der Waals surface area contributed by atoms with Crippen LogP contribution in [0.4, 0.5) is 0 Å². The second-order valence-corrected chi connectivity index (χ2v) is 4.38. The lowest BCUT2D eigenvalue weighted by Crippen LogP contribution is -2.18. The molecule has 0 unspecified atom stereocenters. The molecule has 0 aliphatic rings. The van der Waals surface area contributed by atoms with Gasteiger partial charge in [0.2, 0.25) is 0 Å². The van der Waals surface area contributed by atoms with Crippen LogP contribution in [0.2, 0.25) is 0 Å². The molecule has 0 spiro atoms. The summed E-state index contributed by atoms with van der Waals surface area (Å²) in [5.74, 6) is 5.49. The summed E-state index contributed by atoms with van der Waals surface area (Å²) in [7, 11) is 0. The number of aliphatic hydroxyl groups excluding tert-OH is 1. The Balaban J connectivity index is 2.28. The molecule has 1 N–H and O–H groups in total. The van der Waals surface area contributed by atoms with Crippen molar-refractivity contribution in [1.82, 2.24) is 4.57 Å². The van der Waals surface area contributed by atoms with E-state index < -0.39 is 0 Å². The van der Waals surface area contributed by atoms with E-state index in [9.17, 15) is 4.79 Å². The van der Waals surface area contributed by atoms with Gasteiger partial charge in [0.05, 0.1) is 6.54 Å². The third kappa shape index (κ3) is 2.84. The lowest BCUT2D eigenvalue weighted by molar-refractivity contribution is 0.350. The van der Waals surface area contributed by atoms with Crippen LogP contribution in [0.15, 0.2) is 40.6 Å². The largest absolute Gasteiger partial charge is 0.384 e. The number of hydrogen-bond donors (Lipinski definition) is 1. The SMILES string of the molecule is O=c1ccccn1Cc1sccc1C#CCO. The minimum absolute atomic E-state index is 0.0260. The summed E-state index contributed by atoms with van der Waals surface area (Å²) in [5, 5.41) is 10.6. The fourth-order valence-corrected chi connectivity index (χ4v) is 2.28. The summed E-state index contributed by atoms with van der Waals surface area (Å²) < 4.78 is 1.63. The Hall–Kier alpha value is -1.83. The summed E-state index contributed by atoms with van der Waals surface area (Å²) in [6.07, 6.45) is 1.76. The molecule has 17 heavy (non-hydrogen) atoms. The third-order valence-electron chi connectivity index (χ3n) is 2.26. The standard InChI is InChI=1S/C13H11NO2S/c15-8-3-4-11-6-9-17-12(11)10-14-7-2-1-5-13(14)16/h1-2,5-7,9,15H,8,10H2. The van der Waals surface area contributed by atoms with Gasteiger partial charge in [0.15, 0.2) is 0 Å². The summed E-state index contributed by atoms with van der Waals surface area (Å²) in [6.45, 7) is 0.368. The van der Waals surface area contributed by atoms with Gasteiger partial charge in [-0.1, -0.05) is 17.9 Å². The van der Waals surface area contributed by atoms with Gasteiger partial charge in [0, 0.05) is 22.7 Å². The molecule has 0 fully saturated rings. The van der Waals surface area contributed by atoms with Crippen molar-refractivity contribution in [2.24, 2.45) is 0 Å². The molecule has 2 rings (SSSR count). The molecule has 0 amide bonds. The van der Waals surface area contributed by atoms with Crippen LogP contribution in [0.5, 0.6) is 0 Å². The van der Waals surface area contributed by atoms with Crippen molar-refractivity contribution >= 4 is 11.3 Å². The van der Waals surface area contributed by atoms with Crippen LogP contribution >= 0.6 is 11.3 Å². The molecule has 0 aromatic carbocycles. The van der Waals surface area contributed by atoms with Gasteiger partial charge in [0.1, 0.15) is 6.61 Å². The Morgan fingerprint density at radius 1 is 1.35 bits per heavy atom. The summed E-state index contributed by atoms with van der Waals surface area (Å²) in [6, 6.07) is 6.98. The summed E-state index contributed by atoms with van der Waals surface area (Å²) >= 11 is 1.56. The Labute approximate surface area is 103 Å². The van der Waals surface area contributed by atoms with Crippen molar-refractivity contribution in [2.45, 2.75) is 6.54 Å². The van der Waals surface area contributed by atoms with Gasteiger partial charge in [-0.05, 0) is 17.5 Å². The topological polar surface area (TPSA) is 42.2 Å². The molecule has 2 aromatic heterocycles. The molecule has 0 atom stereocenters. The first-order valence-electron chi connectivity index (χ1n) is 5.13. The minimum Gasteiger partial charge on any atom is -0.384 e. The van der Waals surface area contributed by atoms with E-state index in [0.717, 1.165) is 10.4 Å². The van der Waals surface area contributed by atoms with Crippen LogP contribution in [-0.4, -0.2) is 16.3 Å². The van der Waals surface area contributed by atoms with Crippen molar-refractivity contribution in [3.05, 3.63) is 56.6 Å². The van der Waals surface area contributed by atoms with E-state index in [1.165, 1.54) is 6.07 Å². The zero-order valence-electron chi connectivity index (χ0n) is 9.09. The van der Waals surface area contributed by atoms with Gasteiger partial charge in [-0.3, -0.25) is 4.79 Å². The number of pyridine rings is 1. The first-order valence-corrected chi connectivity index (χ1v) is 6.01. The Kier molecular flexibility index (Phi) is 3.76. The second-order valence-electron chi connectivity index (χ2n) is 3.38. The number of nitrogens with zero attached hydrogens (tertiary/aromatic N) is 1. The molecule has 3 nitrogen and oxygen atoms in total. The molecule has 0 radical (unpaired) electrons. The fourth-order valence-electron chi connectivity index (χ4n) is 1.46. The van der Waals surface area contributed by atoms with Gasteiger partial charge in [0.25, 0.3) is 5.56 Å². The number of aliphatic hydroxyl groups is 1. The van der Waals surface area contributed by atoms with Crippen molar-refractivity contribution in [3.8, 4) is 11.8 Å². The van der Waals surface area contributed by atoms with Crippen LogP contribution in [0.1, 0.15) is 10.4 Å². The lowest BCUT2D eigenvalue weighted by atomic mass is 10.2. The van der Waals surface area contributed by atoms with Crippen molar-refractivity contribution < 1.29 is 5.11 Å². The van der Waals surface area contributed by atoms with Crippen LogP contribution in [0.3, 0.4) is 0 Å². The molecule has 0 aliphatic heterocycles. The maximum atomic E-state index is 11.6. The Bertz CT molecular complexity index is 616. The summed E-state index contributed by atoms with van der Waals surface area (Å²) in [5.41, 5.74) is 0.849. The third-order valence-corrected chi connectivity index (χ3v) is 3.17. The van der Waals surface area contributed by atoms with E-state index in [0.29, 0.717) is 6.54 Å². The maximum absolute atomic E-state index is 11.6. The second kappa shape index (κ2) is 5.48. The smallest absolute Gasteiger partial charge is 0.250 e. The van der Waals surface area contributed by atoms with Crippen molar-refractivity contribution in [2.75, 3.05) is 6.61 Å². The average Bonchev–Trinajstić information content (AvgIpc) is 2.77. The predicted octanol–water partition coefficient (Wildman–Crippen LogP) is 1.30. The summed E-state index contributed by atoms with van der Waals surface area (Å²) in [4.78, 5) is 12.6. The van der Waals surface area contributed by atoms with Crippen LogP contribution in [0.25, 0.3) is 0 Å². The monoisotopic (exact) mass is 245 g/mol. The molecular formula is C13H11NO2S. The molecule has 86 valence electrons. The minimum atomic E-state index is -0.152. The number of aromatic nitrogens is 1. The highest BCUT2D eigenvalue weighted by Crippen LogP contribution is 2.16. The zero-order valence-corrected chi connectivity index (χ0v) is 9.91. The molecule has 0 saturated heterocycles. The van der Waals surface area contributed by atoms with E-state index in [1.807, 2.05) is 17.5 Å². The van der Waals surface area contributed by atoms with E-state index in [1.54, 1.807) is 28.2 Å². The van der Waals surface area contributed by atoms with Gasteiger partial charge in [-0.15, -0.1) is 11.3 Å². The first-order chi connectivity index (χ1) is 8.31. The van der Waals surface area contributed by atoms with Gasteiger partial charge in [-0.2, -0.15) is 0 Å². The van der Waals surface area contributed by atoms with Gasteiger partial charge >= 0.3 is 0 Å². The van der Waals surface area contributed by atoms with Crippen molar-refractivity contribution in [3.63, 3.8) is 0 Å². The van der Waals surface area contributed by atoms with E-state index in [4.69, 9.17) is 5.11 Å². The molecular weight excluding hydrogens is 234 g/mol. The number of thiophene rings is 1. The van der Waals surface area contributed by atoms with Gasteiger partial charge in [-0.25, -0.2) is 0 Å². The Morgan fingerprint density at radius 2 is 2.24 bits per heavy atom. The average molecular weight is 245 g/mol. The number of rotatable bonds is 2. The molecule has 0 bridgehead atoms. The highest BCUT2D eigenvalue weighted by Gasteiger charge is 2.03. The Morgan fingerprint density at radius 3 is 3.00 bits per heavy atom. The highest BCUT2D eigenvalue weighted by molar-refractivity contribution is 7.10. The first kappa shape index (κ1) is 11.6. The van der Waals surface area contributed by atoms with E-state index in [2.05, 4.69) is 11.8 Å². The highest BCUT2D eigenvalue weighted by atomic mass is 32.1. The quantitative estimate of drug-likeness (QED) is 0.810. The van der Waals surface area contributed by atoms with Crippen LogP contribution in [0, 0.1) is 11.8 Å². The van der Waals surface area contributed by atoms with Crippen LogP contribution in [-0.2, 0) is 6.54 Å². The molecule has 0 aliphatic carbocycles.